The molecule has 3 rings (SSSR count). The molecule has 1 aliphatic heterocycles. The molecule has 0 saturated heterocycles. The standard InChI is InChI=1S/C22H24F3N5O3/c1-13(15-4-3-5-15)27-10-17-19(29-20(26-2)21(32)33)28-18(12-31)30(17)11-14-6-8-16(9-7-14)22(23,24)25/h6-10,12-13,15,27H,3-5,11H2,1-2H3,(H,32,33)/b17-10-,26-20-,29-19+/t13-/m1/s1. The number of amidine groups is 3. The zero-order valence-corrected chi connectivity index (χ0v) is 18.1. The summed E-state index contributed by atoms with van der Waals surface area (Å²) in [7, 11) is 1.27. The molecule has 33 heavy (non-hydrogen) atoms. The van der Waals surface area contributed by atoms with Crippen molar-refractivity contribution in [2.45, 2.75) is 44.9 Å². The van der Waals surface area contributed by atoms with Crippen LogP contribution in [0.15, 0.2) is 51.1 Å². The maximum atomic E-state index is 12.9. The Hall–Kier alpha value is -3.50. The van der Waals surface area contributed by atoms with E-state index in [0.29, 0.717) is 23.5 Å². The first-order chi connectivity index (χ1) is 15.6. The van der Waals surface area contributed by atoms with Gasteiger partial charge in [0, 0.05) is 25.8 Å². The molecule has 0 bridgehead atoms. The van der Waals surface area contributed by atoms with Crippen LogP contribution in [0.4, 0.5) is 13.2 Å². The van der Waals surface area contributed by atoms with Crippen LogP contribution >= 0.6 is 0 Å². The first-order valence-corrected chi connectivity index (χ1v) is 10.4. The molecule has 1 fully saturated rings. The van der Waals surface area contributed by atoms with E-state index in [1.165, 1.54) is 24.1 Å². The van der Waals surface area contributed by atoms with Crippen molar-refractivity contribution >= 4 is 29.8 Å². The number of carboxylic acid groups (broad SMARTS) is 1. The van der Waals surface area contributed by atoms with Crippen LogP contribution in [0.1, 0.15) is 37.3 Å². The van der Waals surface area contributed by atoms with E-state index in [4.69, 9.17) is 0 Å². The third kappa shape index (κ3) is 5.65. The SMILES string of the molecule is C\N=C(/N=C1/N=C(C=O)N(Cc2ccc(C(F)(F)F)cc2)/C1=C\N[C@H](C)C1CCC1)C(=O)O. The lowest BCUT2D eigenvalue weighted by atomic mass is 9.80. The molecule has 1 aliphatic carbocycles. The smallest absolute Gasteiger partial charge is 0.416 e. The molecule has 11 heteroatoms. The second-order valence-corrected chi connectivity index (χ2v) is 7.83. The molecule has 1 heterocycles. The van der Waals surface area contributed by atoms with Gasteiger partial charge < -0.3 is 15.3 Å². The quantitative estimate of drug-likeness (QED) is 0.383. The highest BCUT2D eigenvalue weighted by Gasteiger charge is 2.32. The molecule has 1 aromatic carbocycles. The third-order valence-electron chi connectivity index (χ3n) is 5.70. The van der Waals surface area contributed by atoms with Crippen LogP contribution in [0.3, 0.4) is 0 Å². The fourth-order valence-electron chi connectivity index (χ4n) is 3.51. The number of alkyl halides is 3. The average molecular weight is 463 g/mol. The van der Waals surface area contributed by atoms with Gasteiger partial charge in [0.25, 0.3) is 0 Å². The van der Waals surface area contributed by atoms with Gasteiger partial charge in [-0.3, -0.25) is 9.79 Å². The molecule has 1 aromatic rings. The monoisotopic (exact) mass is 463 g/mol. The van der Waals surface area contributed by atoms with Crippen LogP contribution in [-0.4, -0.2) is 52.9 Å². The minimum absolute atomic E-state index is 0.0275. The number of aliphatic imine (C=N–C) groups is 3. The summed E-state index contributed by atoms with van der Waals surface area (Å²) in [6, 6.07) is 4.69. The van der Waals surface area contributed by atoms with E-state index in [1.807, 2.05) is 6.92 Å². The first-order valence-electron chi connectivity index (χ1n) is 10.4. The van der Waals surface area contributed by atoms with Crippen molar-refractivity contribution in [2.24, 2.45) is 20.9 Å². The predicted octanol–water partition coefficient (Wildman–Crippen LogP) is 3.25. The Balaban J connectivity index is 1.94. The van der Waals surface area contributed by atoms with E-state index in [2.05, 4.69) is 20.3 Å². The van der Waals surface area contributed by atoms with Gasteiger partial charge in [0.05, 0.1) is 5.56 Å². The van der Waals surface area contributed by atoms with Gasteiger partial charge in [-0.15, -0.1) is 0 Å². The Morgan fingerprint density at radius 3 is 2.48 bits per heavy atom. The zero-order chi connectivity index (χ0) is 24.2. The molecule has 0 unspecified atom stereocenters. The molecule has 0 amide bonds. The van der Waals surface area contributed by atoms with Crippen LogP contribution in [0.2, 0.25) is 0 Å². The number of aldehydes is 1. The Labute approximate surface area is 188 Å². The Morgan fingerprint density at radius 2 is 2.00 bits per heavy atom. The lowest BCUT2D eigenvalue weighted by molar-refractivity contribution is -0.137. The molecular weight excluding hydrogens is 439 g/mol. The van der Waals surface area contributed by atoms with Gasteiger partial charge in [-0.2, -0.15) is 13.2 Å². The molecule has 1 atom stereocenters. The second-order valence-electron chi connectivity index (χ2n) is 7.83. The third-order valence-corrected chi connectivity index (χ3v) is 5.70. The Morgan fingerprint density at radius 1 is 1.33 bits per heavy atom. The van der Waals surface area contributed by atoms with Gasteiger partial charge in [-0.25, -0.2) is 14.8 Å². The number of carboxylic acids is 1. The summed E-state index contributed by atoms with van der Waals surface area (Å²) in [4.78, 5) is 36.3. The topological polar surface area (TPSA) is 107 Å². The Bertz CT molecular complexity index is 1020. The molecular formula is C22H24F3N5O3. The summed E-state index contributed by atoms with van der Waals surface area (Å²) in [5.41, 5.74) is 0.0427. The number of benzene rings is 1. The number of halogens is 3. The summed E-state index contributed by atoms with van der Waals surface area (Å²) >= 11 is 0. The van der Waals surface area contributed by atoms with Crippen LogP contribution in [0.25, 0.3) is 0 Å². The number of nitrogens with one attached hydrogen (secondary N) is 1. The van der Waals surface area contributed by atoms with Crippen LogP contribution in [0, 0.1) is 5.92 Å². The minimum atomic E-state index is -4.46. The van der Waals surface area contributed by atoms with E-state index in [-0.39, 0.29) is 24.3 Å². The summed E-state index contributed by atoms with van der Waals surface area (Å²) in [5, 5.41) is 12.5. The van der Waals surface area contributed by atoms with E-state index in [0.717, 1.165) is 31.4 Å². The van der Waals surface area contributed by atoms with Crippen LogP contribution < -0.4 is 5.32 Å². The predicted molar refractivity (Wildman–Crippen MR) is 117 cm³/mol. The molecule has 0 aromatic heterocycles. The van der Waals surface area contributed by atoms with E-state index in [1.54, 1.807) is 6.20 Å². The van der Waals surface area contributed by atoms with Crippen LogP contribution in [-0.2, 0) is 22.3 Å². The van der Waals surface area contributed by atoms with Gasteiger partial charge in [0.2, 0.25) is 5.84 Å². The number of aliphatic carboxylic acids is 1. The maximum Gasteiger partial charge on any atom is 0.416 e. The van der Waals surface area contributed by atoms with Gasteiger partial charge in [0.1, 0.15) is 5.70 Å². The van der Waals surface area contributed by atoms with Crippen molar-refractivity contribution in [3.05, 3.63) is 47.3 Å². The van der Waals surface area contributed by atoms with Crippen LogP contribution in [0.5, 0.6) is 0 Å². The first kappa shape index (κ1) is 24.1. The van der Waals surface area contributed by atoms with E-state index >= 15 is 0 Å². The summed E-state index contributed by atoms with van der Waals surface area (Å²) in [5.74, 6) is -1.43. The molecule has 0 spiro atoms. The average Bonchev–Trinajstić information content (AvgIpc) is 3.04. The minimum Gasteiger partial charge on any atom is -0.475 e. The van der Waals surface area contributed by atoms with Crippen molar-refractivity contribution in [1.82, 2.24) is 10.2 Å². The lowest BCUT2D eigenvalue weighted by Gasteiger charge is -2.32. The molecule has 2 N–H and O–H groups in total. The fourth-order valence-corrected chi connectivity index (χ4v) is 3.51. The lowest BCUT2D eigenvalue weighted by Crippen LogP contribution is -2.36. The van der Waals surface area contributed by atoms with E-state index < -0.39 is 23.5 Å². The highest BCUT2D eigenvalue weighted by atomic mass is 19.4. The molecule has 1 saturated carbocycles. The zero-order valence-electron chi connectivity index (χ0n) is 18.1. The summed E-state index contributed by atoms with van der Waals surface area (Å²) in [6.07, 6.45) is 0.985. The number of carbonyl (C=O) groups is 2. The molecule has 2 aliphatic rings. The highest BCUT2D eigenvalue weighted by Crippen LogP contribution is 2.31. The van der Waals surface area contributed by atoms with E-state index in [9.17, 15) is 27.9 Å². The van der Waals surface area contributed by atoms with Crippen molar-refractivity contribution in [2.75, 3.05) is 7.05 Å². The number of hydrogen-bond donors (Lipinski definition) is 2. The largest absolute Gasteiger partial charge is 0.475 e. The molecule has 176 valence electrons. The van der Waals surface area contributed by atoms with Gasteiger partial charge >= 0.3 is 12.1 Å². The van der Waals surface area contributed by atoms with Crippen molar-refractivity contribution < 1.29 is 27.9 Å². The maximum absolute atomic E-state index is 12.9. The normalized spacial score (nSPS) is 20.6. The van der Waals surface area contributed by atoms with Gasteiger partial charge in [-0.1, -0.05) is 18.6 Å². The van der Waals surface area contributed by atoms with Crippen molar-refractivity contribution in [1.29, 1.82) is 0 Å². The summed E-state index contributed by atoms with van der Waals surface area (Å²) < 4.78 is 38.6. The molecule has 0 radical (unpaired) electrons. The Kier molecular flexibility index (Phi) is 7.29. The van der Waals surface area contributed by atoms with Gasteiger partial charge in [-0.05, 0) is 43.4 Å². The number of carbonyl (C=O) groups excluding carboxylic acids is 1. The number of nitrogens with zero attached hydrogens (tertiary/aromatic N) is 4. The highest BCUT2D eigenvalue weighted by molar-refractivity contribution is 6.40. The van der Waals surface area contributed by atoms with Crippen molar-refractivity contribution in [3.63, 3.8) is 0 Å². The number of hydrogen-bond acceptors (Lipinski definition) is 5. The van der Waals surface area contributed by atoms with Gasteiger partial charge in [0.15, 0.2) is 18.0 Å². The fraction of sp³-hybridized carbons (Fsp3) is 0.409. The number of rotatable bonds is 6. The molecule has 8 nitrogen and oxygen atoms in total. The second kappa shape index (κ2) is 9.97. The van der Waals surface area contributed by atoms with Crippen molar-refractivity contribution in [3.8, 4) is 0 Å². The summed E-state index contributed by atoms with van der Waals surface area (Å²) in [6.45, 7) is 2.05.